The van der Waals surface area contributed by atoms with Crippen LogP contribution in [-0.2, 0) is 0 Å². The van der Waals surface area contributed by atoms with Crippen molar-refractivity contribution in [1.82, 2.24) is 4.57 Å². The summed E-state index contributed by atoms with van der Waals surface area (Å²) in [5.74, 6) is -0.362. The third-order valence-electron chi connectivity index (χ3n) is 6.03. The summed E-state index contributed by atoms with van der Waals surface area (Å²) in [6.45, 7) is 2.22. The van der Waals surface area contributed by atoms with Gasteiger partial charge in [0, 0.05) is 23.7 Å². The van der Waals surface area contributed by atoms with E-state index in [2.05, 4.69) is 0 Å². The second-order valence-corrected chi connectivity index (χ2v) is 8.47. The van der Waals surface area contributed by atoms with Gasteiger partial charge in [-0.15, -0.1) is 0 Å². The molecule has 5 nitrogen and oxygen atoms in total. The molecule has 1 heterocycles. The third kappa shape index (κ3) is 4.28. The van der Waals surface area contributed by atoms with Gasteiger partial charge in [-0.05, 0) is 67.5 Å². The summed E-state index contributed by atoms with van der Waals surface area (Å²) in [5.41, 5.74) is 0.629. The Bertz CT molecular complexity index is 1180. The first-order chi connectivity index (χ1) is 15.0. The average molecular weight is 437 g/mol. The molecular weight excluding hydrogens is 412 g/mol. The van der Waals surface area contributed by atoms with Gasteiger partial charge in [0.1, 0.15) is 5.56 Å². The molecule has 0 bridgehead atoms. The zero-order valence-electron chi connectivity index (χ0n) is 17.5. The number of rotatable bonds is 5. The van der Waals surface area contributed by atoms with Crippen LogP contribution in [0.25, 0.3) is 10.9 Å². The minimum Gasteiger partial charge on any atom is -0.308 e. The van der Waals surface area contributed by atoms with Crippen LogP contribution in [0.2, 0.25) is 5.02 Å². The second kappa shape index (κ2) is 9.06. The van der Waals surface area contributed by atoms with Gasteiger partial charge in [0.25, 0.3) is 11.5 Å². The Morgan fingerprint density at radius 1 is 1.06 bits per heavy atom. The molecule has 31 heavy (non-hydrogen) atoms. The van der Waals surface area contributed by atoms with Gasteiger partial charge in [0.15, 0.2) is 0 Å². The molecule has 160 valence electrons. The average Bonchev–Trinajstić information content (AvgIpc) is 3.28. The maximum Gasteiger partial charge on any atom is 0.270 e. The Balaban J connectivity index is 1.79. The molecule has 1 aliphatic rings. The number of hydrogen-bond acceptors (Lipinski definition) is 3. The zero-order valence-corrected chi connectivity index (χ0v) is 18.3. The van der Waals surface area contributed by atoms with Crippen LogP contribution in [0.15, 0.2) is 59.4 Å². The van der Waals surface area contributed by atoms with E-state index in [0.717, 1.165) is 25.7 Å². The van der Waals surface area contributed by atoms with Crippen molar-refractivity contribution in [2.24, 2.45) is 5.92 Å². The van der Waals surface area contributed by atoms with Gasteiger partial charge in [-0.25, -0.2) is 4.57 Å². The Kier molecular flexibility index (Phi) is 6.23. The van der Waals surface area contributed by atoms with Crippen molar-refractivity contribution >= 4 is 40.0 Å². The van der Waals surface area contributed by atoms with Crippen LogP contribution in [-0.4, -0.2) is 22.9 Å². The number of halogens is 1. The van der Waals surface area contributed by atoms with Gasteiger partial charge < -0.3 is 4.90 Å². The number of para-hydroxylation sites is 1. The number of fused-ring (bicyclic) bond motifs is 1. The van der Waals surface area contributed by atoms with E-state index in [1.165, 1.54) is 9.47 Å². The first-order valence-corrected chi connectivity index (χ1v) is 11.1. The quantitative estimate of drug-likeness (QED) is 0.527. The van der Waals surface area contributed by atoms with Crippen LogP contribution in [0, 0.1) is 5.92 Å². The number of pyridine rings is 1. The van der Waals surface area contributed by atoms with Crippen molar-refractivity contribution in [3.8, 4) is 0 Å². The Morgan fingerprint density at radius 3 is 2.42 bits per heavy atom. The molecule has 0 unspecified atom stereocenters. The van der Waals surface area contributed by atoms with Gasteiger partial charge in [-0.1, -0.05) is 42.6 Å². The maximum absolute atomic E-state index is 13.4. The zero-order chi connectivity index (χ0) is 22.0. The van der Waals surface area contributed by atoms with E-state index < -0.39 is 11.5 Å². The van der Waals surface area contributed by atoms with E-state index in [9.17, 15) is 14.4 Å². The maximum atomic E-state index is 13.4. The number of hydrogen-bond donors (Lipinski definition) is 0. The summed E-state index contributed by atoms with van der Waals surface area (Å²) in [4.78, 5) is 41.5. The highest BCUT2D eigenvalue weighted by atomic mass is 35.5. The molecule has 0 spiro atoms. The summed E-state index contributed by atoms with van der Waals surface area (Å²) in [6.07, 6.45) is 4.60. The number of aromatic nitrogens is 1. The summed E-state index contributed by atoms with van der Waals surface area (Å²) < 4.78 is 1.20. The molecule has 3 aromatic rings. The van der Waals surface area contributed by atoms with Crippen LogP contribution in [0.5, 0.6) is 0 Å². The van der Waals surface area contributed by atoms with Crippen molar-refractivity contribution < 1.29 is 9.59 Å². The van der Waals surface area contributed by atoms with E-state index >= 15 is 0 Å². The molecule has 0 N–H and O–H groups in total. The Hall–Kier alpha value is -2.92. The monoisotopic (exact) mass is 436 g/mol. The SMILES string of the molecule is CCN(C(=O)c1cc2ccccc2n(C(=O)CC2CCCC2)c1=O)c1ccc(Cl)cc1. The molecule has 1 aromatic heterocycles. The normalized spacial score (nSPS) is 14.1. The molecule has 1 amide bonds. The first-order valence-electron chi connectivity index (χ1n) is 10.7. The van der Waals surface area contributed by atoms with Crippen LogP contribution >= 0.6 is 11.6 Å². The molecule has 1 aliphatic carbocycles. The van der Waals surface area contributed by atoms with Crippen LogP contribution in [0.1, 0.15) is 54.2 Å². The highest BCUT2D eigenvalue weighted by Crippen LogP contribution is 2.28. The molecule has 1 fully saturated rings. The van der Waals surface area contributed by atoms with Gasteiger partial charge in [0.05, 0.1) is 5.52 Å². The smallest absolute Gasteiger partial charge is 0.270 e. The number of amides is 1. The van der Waals surface area contributed by atoms with E-state index in [-0.39, 0.29) is 11.5 Å². The number of carbonyl (C=O) groups excluding carboxylic acids is 2. The minimum atomic E-state index is -0.556. The van der Waals surface area contributed by atoms with Crippen LogP contribution in [0.4, 0.5) is 5.69 Å². The van der Waals surface area contributed by atoms with E-state index in [4.69, 9.17) is 11.6 Å². The molecule has 0 radical (unpaired) electrons. The fourth-order valence-corrected chi connectivity index (χ4v) is 4.55. The molecule has 0 atom stereocenters. The van der Waals surface area contributed by atoms with Crippen molar-refractivity contribution in [3.63, 3.8) is 0 Å². The number of nitrogens with zero attached hydrogens (tertiary/aromatic N) is 2. The predicted octanol–water partition coefficient (Wildman–Crippen LogP) is 5.54. The molecule has 1 saturated carbocycles. The van der Waals surface area contributed by atoms with Crippen molar-refractivity contribution in [3.05, 3.63) is 75.5 Å². The van der Waals surface area contributed by atoms with Crippen LogP contribution < -0.4 is 10.5 Å². The van der Waals surface area contributed by atoms with Crippen molar-refractivity contribution in [2.45, 2.75) is 39.0 Å². The molecule has 0 aliphatic heterocycles. The molecule has 0 saturated heterocycles. The Labute approximate surface area is 186 Å². The standard InChI is InChI=1S/C25H25ClN2O3/c1-2-27(20-13-11-19(26)12-14-20)24(30)21-16-18-9-5-6-10-22(18)28(25(21)31)23(29)15-17-7-3-4-8-17/h5-6,9-14,16-17H,2-4,7-8,15H2,1H3. The third-order valence-corrected chi connectivity index (χ3v) is 6.28. The fourth-order valence-electron chi connectivity index (χ4n) is 4.42. The highest BCUT2D eigenvalue weighted by molar-refractivity contribution is 6.30. The number of anilines is 1. The minimum absolute atomic E-state index is 0.00438. The molecule has 4 rings (SSSR count). The molecule has 2 aromatic carbocycles. The first kappa shape index (κ1) is 21.3. The lowest BCUT2D eigenvalue weighted by atomic mass is 10.0. The van der Waals surface area contributed by atoms with Crippen molar-refractivity contribution in [1.29, 1.82) is 0 Å². The lowest BCUT2D eigenvalue weighted by molar-refractivity contribution is 0.0881. The number of carbonyl (C=O) groups is 2. The van der Waals surface area contributed by atoms with Crippen LogP contribution in [0.3, 0.4) is 0 Å². The molecule has 6 heteroatoms. The van der Waals surface area contributed by atoms with Gasteiger partial charge >= 0.3 is 0 Å². The second-order valence-electron chi connectivity index (χ2n) is 8.03. The predicted molar refractivity (Wildman–Crippen MR) is 124 cm³/mol. The highest BCUT2D eigenvalue weighted by Gasteiger charge is 2.26. The van der Waals surface area contributed by atoms with Gasteiger partial charge in [0.2, 0.25) is 5.91 Å². The Morgan fingerprint density at radius 2 is 1.74 bits per heavy atom. The lowest BCUT2D eigenvalue weighted by Gasteiger charge is -2.22. The molecular formula is C25H25ClN2O3. The summed E-state index contributed by atoms with van der Waals surface area (Å²) in [6, 6.07) is 15.7. The summed E-state index contributed by atoms with van der Waals surface area (Å²) in [5, 5.41) is 1.26. The van der Waals surface area contributed by atoms with E-state index in [0.29, 0.717) is 40.5 Å². The van der Waals surface area contributed by atoms with E-state index in [1.807, 2.05) is 19.1 Å². The summed E-state index contributed by atoms with van der Waals surface area (Å²) in [7, 11) is 0. The van der Waals surface area contributed by atoms with Gasteiger partial charge in [-0.2, -0.15) is 0 Å². The topological polar surface area (TPSA) is 59.4 Å². The fraction of sp³-hybridized carbons (Fsp3) is 0.320. The summed E-state index contributed by atoms with van der Waals surface area (Å²) >= 11 is 5.98. The number of benzene rings is 2. The van der Waals surface area contributed by atoms with E-state index in [1.54, 1.807) is 42.5 Å². The van der Waals surface area contributed by atoms with Crippen molar-refractivity contribution in [2.75, 3.05) is 11.4 Å². The largest absolute Gasteiger partial charge is 0.308 e. The van der Waals surface area contributed by atoms with Gasteiger partial charge in [-0.3, -0.25) is 14.4 Å². The lowest BCUT2D eigenvalue weighted by Crippen LogP contribution is -2.38.